The van der Waals surface area contributed by atoms with E-state index >= 15 is 0 Å². The summed E-state index contributed by atoms with van der Waals surface area (Å²) in [5, 5.41) is 5.50. The number of benzene rings is 1. The van der Waals surface area contributed by atoms with Crippen LogP contribution in [-0.2, 0) is 11.3 Å². The summed E-state index contributed by atoms with van der Waals surface area (Å²) in [6, 6.07) is 10.7. The number of rotatable bonds is 5. The van der Waals surface area contributed by atoms with Crippen molar-refractivity contribution >= 4 is 23.3 Å². The molecule has 2 heterocycles. The lowest BCUT2D eigenvalue weighted by Gasteiger charge is -2.17. The number of anilines is 2. The van der Waals surface area contributed by atoms with Gasteiger partial charge in [-0.15, -0.1) is 0 Å². The Kier molecular flexibility index (Phi) is 5.13. The van der Waals surface area contributed by atoms with Crippen molar-refractivity contribution in [3.63, 3.8) is 0 Å². The van der Waals surface area contributed by atoms with Crippen LogP contribution in [0.4, 0.5) is 16.2 Å². The van der Waals surface area contributed by atoms with Crippen molar-refractivity contribution < 1.29 is 14.3 Å². The van der Waals surface area contributed by atoms with Gasteiger partial charge < -0.3 is 20.3 Å². The van der Waals surface area contributed by atoms with E-state index in [9.17, 15) is 9.59 Å². The molecule has 1 saturated heterocycles. The summed E-state index contributed by atoms with van der Waals surface area (Å²) >= 11 is 0. The van der Waals surface area contributed by atoms with Gasteiger partial charge in [-0.2, -0.15) is 0 Å². The molecular formula is C18H20N4O3. The quantitative estimate of drug-likeness (QED) is 0.876. The van der Waals surface area contributed by atoms with Crippen molar-refractivity contribution in [1.29, 1.82) is 0 Å². The van der Waals surface area contributed by atoms with Gasteiger partial charge in [0, 0.05) is 31.4 Å². The van der Waals surface area contributed by atoms with E-state index in [4.69, 9.17) is 4.74 Å². The fraction of sp³-hybridized carbons (Fsp3) is 0.278. The molecule has 0 unspecified atom stereocenters. The number of ether oxygens (including phenoxy) is 1. The van der Waals surface area contributed by atoms with Gasteiger partial charge in [0.05, 0.1) is 7.11 Å². The van der Waals surface area contributed by atoms with Crippen LogP contribution in [0.15, 0.2) is 42.6 Å². The summed E-state index contributed by atoms with van der Waals surface area (Å²) < 4.78 is 5.10. The van der Waals surface area contributed by atoms with Gasteiger partial charge in [0.15, 0.2) is 0 Å². The second kappa shape index (κ2) is 7.65. The molecule has 3 amide bonds. The minimum Gasteiger partial charge on any atom is -0.480 e. The summed E-state index contributed by atoms with van der Waals surface area (Å²) in [5.41, 5.74) is 2.29. The Morgan fingerprint density at radius 1 is 1.32 bits per heavy atom. The van der Waals surface area contributed by atoms with Crippen molar-refractivity contribution in [1.82, 2.24) is 10.3 Å². The van der Waals surface area contributed by atoms with Crippen molar-refractivity contribution in [3.8, 4) is 5.88 Å². The molecule has 25 heavy (non-hydrogen) atoms. The lowest BCUT2D eigenvalue weighted by Crippen LogP contribution is -2.28. The molecular weight excluding hydrogens is 320 g/mol. The van der Waals surface area contributed by atoms with Gasteiger partial charge >= 0.3 is 6.03 Å². The topological polar surface area (TPSA) is 83.6 Å². The molecule has 0 bridgehead atoms. The predicted molar refractivity (Wildman–Crippen MR) is 94.7 cm³/mol. The first-order valence-electron chi connectivity index (χ1n) is 8.10. The van der Waals surface area contributed by atoms with Crippen LogP contribution >= 0.6 is 0 Å². The average Bonchev–Trinajstić information content (AvgIpc) is 3.07. The normalized spacial score (nSPS) is 13.6. The largest absolute Gasteiger partial charge is 0.480 e. The summed E-state index contributed by atoms with van der Waals surface area (Å²) in [6.07, 6.45) is 3.07. The second-order valence-corrected chi connectivity index (χ2v) is 5.69. The van der Waals surface area contributed by atoms with Crippen LogP contribution < -0.4 is 20.3 Å². The van der Waals surface area contributed by atoms with E-state index in [2.05, 4.69) is 15.6 Å². The molecule has 0 aliphatic carbocycles. The first kappa shape index (κ1) is 16.8. The maximum atomic E-state index is 12.1. The fourth-order valence-corrected chi connectivity index (χ4v) is 2.75. The molecule has 2 aromatic rings. The van der Waals surface area contributed by atoms with Crippen molar-refractivity contribution in [3.05, 3.63) is 48.2 Å². The molecule has 130 valence electrons. The van der Waals surface area contributed by atoms with Gasteiger partial charge in [0.2, 0.25) is 11.8 Å². The molecule has 1 fully saturated rings. The van der Waals surface area contributed by atoms with Gasteiger partial charge in [0.1, 0.15) is 5.69 Å². The Balaban J connectivity index is 1.60. The van der Waals surface area contributed by atoms with E-state index in [0.717, 1.165) is 24.2 Å². The summed E-state index contributed by atoms with van der Waals surface area (Å²) in [6.45, 7) is 1.10. The van der Waals surface area contributed by atoms with E-state index in [1.165, 1.54) is 7.11 Å². The van der Waals surface area contributed by atoms with Crippen LogP contribution in [0.3, 0.4) is 0 Å². The van der Waals surface area contributed by atoms with Crippen LogP contribution in [0, 0.1) is 0 Å². The number of methoxy groups -OCH3 is 1. The molecule has 0 atom stereocenters. The monoisotopic (exact) mass is 340 g/mol. The molecule has 0 spiro atoms. The molecule has 0 radical (unpaired) electrons. The number of hydrogen-bond acceptors (Lipinski definition) is 4. The van der Waals surface area contributed by atoms with Crippen molar-refractivity contribution in [2.75, 3.05) is 23.9 Å². The predicted octanol–water partition coefficient (Wildman–Crippen LogP) is 2.54. The van der Waals surface area contributed by atoms with Gasteiger partial charge in [-0.1, -0.05) is 12.1 Å². The summed E-state index contributed by atoms with van der Waals surface area (Å²) in [7, 11) is 1.50. The van der Waals surface area contributed by atoms with Gasteiger partial charge in [-0.05, 0) is 36.2 Å². The molecule has 1 aliphatic heterocycles. The van der Waals surface area contributed by atoms with Crippen molar-refractivity contribution in [2.24, 2.45) is 0 Å². The number of nitrogens with zero attached hydrogens (tertiary/aromatic N) is 2. The molecule has 1 aromatic carbocycles. The van der Waals surface area contributed by atoms with Gasteiger partial charge in [-0.3, -0.25) is 4.79 Å². The van der Waals surface area contributed by atoms with E-state index < -0.39 is 0 Å². The standard InChI is InChI=1S/C18H20N4O3/c1-25-17-15(7-3-9-19-17)21-18(24)20-12-13-5-2-6-14(11-13)22-10-4-8-16(22)23/h2-3,5-7,9,11H,4,8,10,12H2,1H3,(H2,20,21,24). The summed E-state index contributed by atoms with van der Waals surface area (Å²) in [4.78, 5) is 29.7. The SMILES string of the molecule is COc1ncccc1NC(=O)NCc1cccc(N2CCCC2=O)c1. The third kappa shape index (κ3) is 4.06. The Hall–Kier alpha value is -3.09. The van der Waals surface area contributed by atoms with E-state index in [1.807, 2.05) is 24.3 Å². The van der Waals surface area contributed by atoms with Crippen LogP contribution in [0.1, 0.15) is 18.4 Å². The average molecular weight is 340 g/mol. The highest BCUT2D eigenvalue weighted by Crippen LogP contribution is 2.22. The van der Waals surface area contributed by atoms with E-state index in [-0.39, 0.29) is 11.9 Å². The van der Waals surface area contributed by atoms with Crippen molar-refractivity contribution in [2.45, 2.75) is 19.4 Å². The second-order valence-electron chi connectivity index (χ2n) is 5.69. The molecule has 1 aromatic heterocycles. The highest BCUT2D eigenvalue weighted by atomic mass is 16.5. The lowest BCUT2D eigenvalue weighted by atomic mass is 10.2. The number of nitrogens with one attached hydrogen (secondary N) is 2. The number of aromatic nitrogens is 1. The minimum absolute atomic E-state index is 0.145. The van der Waals surface area contributed by atoms with Gasteiger partial charge in [-0.25, -0.2) is 9.78 Å². The number of pyridine rings is 1. The zero-order chi connectivity index (χ0) is 17.6. The van der Waals surface area contributed by atoms with Crippen LogP contribution in [0.2, 0.25) is 0 Å². The molecule has 7 heteroatoms. The highest BCUT2D eigenvalue weighted by molar-refractivity contribution is 5.95. The Bertz CT molecular complexity index is 778. The third-order valence-electron chi connectivity index (χ3n) is 3.96. The molecule has 2 N–H and O–H groups in total. The van der Waals surface area contributed by atoms with Gasteiger partial charge in [0.25, 0.3) is 0 Å². The number of hydrogen-bond donors (Lipinski definition) is 2. The number of urea groups is 1. The van der Waals surface area contributed by atoms with Crippen LogP contribution in [-0.4, -0.2) is 30.6 Å². The molecule has 0 saturated carbocycles. The van der Waals surface area contributed by atoms with Crippen LogP contribution in [0.5, 0.6) is 5.88 Å². The number of amides is 3. The zero-order valence-corrected chi connectivity index (χ0v) is 14.0. The van der Waals surface area contributed by atoms with Crippen LogP contribution in [0.25, 0.3) is 0 Å². The first-order valence-corrected chi connectivity index (χ1v) is 8.10. The third-order valence-corrected chi connectivity index (χ3v) is 3.96. The Labute approximate surface area is 146 Å². The molecule has 3 rings (SSSR count). The maximum absolute atomic E-state index is 12.1. The maximum Gasteiger partial charge on any atom is 0.319 e. The van der Waals surface area contributed by atoms with E-state index in [1.54, 1.807) is 23.2 Å². The Morgan fingerprint density at radius 3 is 2.96 bits per heavy atom. The molecule has 7 nitrogen and oxygen atoms in total. The number of carbonyl (C=O) groups excluding carboxylic acids is 2. The minimum atomic E-state index is -0.353. The highest BCUT2D eigenvalue weighted by Gasteiger charge is 2.21. The number of carbonyl (C=O) groups is 2. The fourth-order valence-electron chi connectivity index (χ4n) is 2.75. The molecule has 1 aliphatic rings. The zero-order valence-electron chi connectivity index (χ0n) is 14.0. The van der Waals surface area contributed by atoms with E-state index in [0.29, 0.717) is 24.5 Å². The smallest absolute Gasteiger partial charge is 0.319 e. The summed E-state index contributed by atoms with van der Waals surface area (Å²) in [5.74, 6) is 0.499. The first-order chi connectivity index (χ1) is 12.2. The lowest BCUT2D eigenvalue weighted by molar-refractivity contribution is -0.117. The Morgan fingerprint density at radius 2 is 2.20 bits per heavy atom.